The third-order valence-corrected chi connectivity index (χ3v) is 2.37. The van der Waals surface area contributed by atoms with Crippen LogP contribution < -0.4 is 5.73 Å². The number of primary amides is 1. The molecule has 88 valence electrons. The van der Waals surface area contributed by atoms with Crippen LogP contribution in [0.4, 0.5) is 9.18 Å². The minimum Gasteiger partial charge on any atom is -0.444 e. The number of benzene rings is 1. The number of ether oxygens (including phenoxy) is 1. The fourth-order valence-electron chi connectivity index (χ4n) is 1.28. The molecule has 1 aromatic rings. The SMILES string of the molecule is C[C@@H](OC(N)=O)[C@H](O)c1c(F)cccc1Cl. The third kappa shape index (κ3) is 2.84. The molecule has 4 nitrogen and oxygen atoms in total. The summed E-state index contributed by atoms with van der Waals surface area (Å²) in [5.74, 6) is -0.667. The topological polar surface area (TPSA) is 72.5 Å². The predicted molar refractivity (Wildman–Crippen MR) is 56.5 cm³/mol. The van der Waals surface area contributed by atoms with Crippen molar-refractivity contribution in [3.05, 3.63) is 34.6 Å². The molecule has 0 unspecified atom stereocenters. The van der Waals surface area contributed by atoms with Crippen LogP contribution in [0.2, 0.25) is 5.02 Å². The van der Waals surface area contributed by atoms with E-state index in [0.29, 0.717) is 0 Å². The Labute approximate surface area is 96.8 Å². The highest BCUT2D eigenvalue weighted by Crippen LogP contribution is 2.28. The fraction of sp³-hybridized carbons (Fsp3) is 0.300. The molecule has 0 bridgehead atoms. The maximum atomic E-state index is 13.4. The molecular weight excluding hydrogens is 237 g/mol. The van der Waals surface area contributed by atoms with Gasteiger partial charge in [0.05, 0.1) is 0 Å². The molecule has 0 aliphatic rings. The van der Waals surface area contributed by atoms with Gasteiger partial charge < -0.3 is 15.6 Å². The molecule has 0 aromatic heterocycles. The van der Waals surface area contributed by atoms with Gasteiger partial charge in [-0.25, -0.2) is 9.18 Å². The molecule has 0 saturated heterocycles. The van der Waals surface area contributed by atoms with Crippen molar-refractivity contribution in [3.63, 3.8) is 0 Å². The molecule has 1 aromatic carbocycles. The highest BCUT2D eigenvalue weighted by molar-refractivity contribution is 6.31. The molecule has 6 heteroatoms. The Morgan fingerprint density at radius 2 is 2.25 bits per heavy atom. The van der Waals surface area contributed by atoms with Crippen LogP contribution >= 0.6 is 11.6 Å². The molecule has 1 rings (SSSR count). The van der Waals surface area contributed by atoms with Crippen molar-refractivity contribution >= 4 is 17.7 Å². The number of carbonyl (C=O) groups excluding carboxylic acids is 1. The maximum absolute atomic E-state index is 13.4. The van der Waals surface area contributed by atoms with Gasteiger partial charge in [0, 0.05) is 10.6 Å². The molecule has 3 N–H and O–H groups in total. The first kappa shape index (κ1) is 12.7. The number of aliphatic hydroxyl groups excluding tert-OH is 1. The van der Waals surface area contributed by atoms with Crippen molar-refractivity contribution in [3.8, 4) is 0 Å². The summed E-state index contributed by atoms with van der Waals surface area (Å²) < 4.78 is 17.9. The zero-order valence-corrected chi connectivity index (χ0v) is 9.24. The number of carbonyl (C=O) groups is 1. The van der Waals surface area contributed by atoms with Crippen LogP contribution in [0, 0.1) is 5.82 Å². The molecule has 0 radical (unpaired) electrons. The molecule has 1 amide bonds. The summed E-state index contributed by atoms with van der Waals surface area (Å²) in [6.07, 6.45) is -3.38. The molecule has 0 aliphatic heterocycles. The number of aliphatic hydroxyl groups is 1. The van der Waals surface area contributed by atoms with Crippen molar-refractivity contribution < 1.29 is 19.0 Å². The van der Waals surface area contributed by atoms with Gasteiger partial charge in [-0.15, -0.1) is 0 Å². The van der Waals surface area contributed by atoms with Crippen LogP contribution in [0.5, 0.6) is 0 Å². The smallest absolute Gasteiger partial charge is 0.404 e. The van der Waals surface area contributed by atoms with Crippen molar-refractivity contribution in [2.45, 2.75) is 19.1 Å². The van der Waals surface area contributed by atoms with Gasteiger partial charge in [0.2, 0.25) is 0 Å². The summed E-state index contributed by atoms with van der Waals surface area (Å²) >= 11 is 5.73. The summed E-state index contributed by atoms with van der Waals surface area (Å²) in [6.45, 7) is 1.39. The van der Waals surface area contributed by atoms with Gasteiger partial charge in [0.1, 0.15) is 18.0 Å². The molecule has 16 heavy (non-hydrogen) atoms. The van der Waals surface area contributed by atoms with Crippen molar-refractivity contribution in [2.75, 3.05) is 0 Å². The number of nitrogens with two attached hydrogens (primary N) is 1. The van der Waals surface area contributed by atoms with Crippen LogP contribution in [0.1, 0.15) is 18.6 Å². The first-order valence-electron chi connectivity index (χ1n) is 4.51. The molecule has 0 spiro atoms. The van der Waals surface area contributed by atoms with Crippen LogP contribution in [-0.4, -0.2) is 17.3 Å². The van der Waals surface area contributed by atoms with Crippen molar-refractivity contribution in [2.24, 2.45) is 5.73 Å². The lowest BCUT2D eigenvalue weighted by Crippen LogP contribution is -2.26. The van der Waals surface area contributed by atoms with E-state index in [-0.39, 0.29) is 10.6 Å². The molecule has 2 atom stereocenters. The highest BCUT2D eigenvalue weighted by atomic mass is 35.5. The zero-order chi connectivity index (χ0) is 12.3. The number of hydrogen-bond donors (Lipinski definition) is 2. The monoisotopic (exact) mass is 247 g/mol. The van der Waals surface area contributed by atoms with Crippen LogP contribution in [0.15, 0.2) is 18.2 Å². The zero-order valence-electron chi connectivity index (χ0n) is 8.48. The average molecular weight is 248 g/mol. The first-order valence-corrected chi connectivity index (χ1v) is 4.89. The summed E-state index contributed by atoms with van der Waals surface area (Å²) in [6, 6.07) is 4.00. The van der Waals surface area contributed by atoms with E-state index in [2.05, 4.69) is 4.74 Å². The van der Waals surface area contributed by atoms with Crippen LogP contribution in [0.3, 0.4) is 0 Å². The molecule has 0 aliphatic carbocycles. The fourth-order valence-corrected chi connectivity index (χ4v) is 1.55. The lowest BCUT2D eigenvalue weighted by molar-refractivity contribution is 0.0140. The van der Waals surface area contributed by atoms with Gasteiger partial charge in [-0.05, 0) is 19.1 Å². The van der Waals surface area contributed by atoms with Crippen LogP contribution in [-0.2, 0) is 4.74 Å². The van der Waals surface area contributed by atoms with E-state index in [0.717, 1.165) is 6.07 Å². The summed E-state index contributed by atoms with van der Waals surface area (Å²) in [4.78, 5) is 10.5. The van der Waals surface area contributed by atoms with Crippen molar-refractivity contribution in [1.29, 1.82) is 0 Å². The van der Waals surface area contributed by atoms with Gasteiger partial charge >= 0.3 is 6.09 Å². The molecular formula is C10H11ClFNO3. The first-order chi connectivity index (χ1) is 7.43. The lowest BCUT2D eigenvalue weighted by atomic mass is 10.0. The normalized spacial score (nSPS) is 14.2. The Morgan fingerprint density at radius 1 is 1.62 bits per heavy atom. The second kappa shape index (κ2) is 5.14. The van der Waals surface area contributed by atoms with Gasteiger partial charge in [0.15, 0.2) is 0 Å². The lowest BCUT2D eigenvalue weighted by Gasteiger charge is -2.19. The number of hydrogen-bond acceptors (Lipinski definition) is 3. The van der Waals surface area contributed by atoms with E-state index < -0.39 is 24.1 Å². The molecule has 0 saturated carbocycles. The van der Waals surface area contributed by atoms with E-state index in [9.17, 15) is 14.3 Å². The summed E-state index contributed by atoms with van der Waals surface area (Å²) in [5, 5.41) is 9.80. The third-order valence-electron chi connectivity index (χ3n) is 2.04. The second-order valence-corrected chi connectivity index (χ2v) is 3.63. The Kier molecular flexibility index (Phi) is 4.09. The van der Waals surface area contributed by atoms with Crippen molar-refractivity contribution in [1.82, 2.24) is 0 Å². The predicted octanol–water partition coefficient (Wildman–Crippen LogP) is 2.00. The van der Waals surface area contributed by atoms with Gasteiger partial charge in [-0.1, -0.05) is 17.7 Å². The van der Waals surface area contributed by atoms with E-state index >= 15 is 0 Å². The van der Waals surface area contributed by atoms with E-state index in [1.54, 1.807) is 0 Å². The number of amides is 1. The van der Waals surface area contributed by atoms with Gasteiger partial charge in [-0.3, -0.25) is 0 Å². The van der Waals surface area contributed by atoms with Gasteiger partial charge in [-0.2, -0.15) is 0 Å². The van der Waals surface area contributed by atoms with Gasteiger partial charge in [0.25, 0.3) is 0 Å². The maximum Gasteiger partial charge on any atom is 0.404 e. The molecule has 0 heterocycles. The Balaban J connectivity index is 2.95. The van der Waals surface area contributed by atoms with E-state index in [1.165, 1.54) is 19.1 Å². The minimum atomic E-state index is -1.36. The summed E-state index contributed by atoms with van der Waals surface area (Å²) in [5.41, 5.74) is 4.67. The minimum absolute atomic E-state index is 0.0624. The van der Waals surface area contributed by atoms with E-state index in [1.807, 2.05) is 0 Å². The summed E-state index contributed by atoms with van der Waals surface area (Å²) in [7, 11) is 0. The Hall–Kier alpha value is -1.33. The van der Waals surface area contributed by atoms with E-state index in [4.69, 9.17) is 17.3 Å². The Morgan fingerprint density at radius 3 is 2.75 bits per heavy atom. The Bertz CT molecular complexity index is 379. The second-order valence-electron chi connectivity index (χ2n) is 3.22. The molecule has 0 fully saturated rings. The quantitative estimate of drug-likeness (QED) is 0.858. The number of halogens is 2. The number of rotatable bonds is 3. The highest BCUT2D eigenvalue weighted by Gasteiger charge is 2.24. The standard InChI is InChI=1S/C10H11ClFNO3/c1-5(16-10(13)15)9(14)8-6(11)3-2-4-7(8)12/h2-5,9,14H,1H3,(H2,13,15)/t5-,9+/m1/s1. The largest absolute Gasteiger partial charge is 0.444 e. The van der Waals surface area contributed by atoms with Crippen LogP contribution in [0.25, 0.3) is 0 Å². The average Bonchev–Trinajstić information content (AvgIpc) is 2.16.